The summed E-state index contributed by atoms with van der Waals surface area (Å²) in [5.41, 5.74) is -0.818. The molecule has 1 aliphatic heterocycles. The van der Waals surface area contributed by atoms with Gasteiger partial charge in [0.1, 0.15) is 6.54 Å². The van der Waals surface area contributed by atoms with Crippen LogP contribution < -0.4 is 5.32 Å². The van der Waals surface area contributed by atoms with Crippen LogP contribution in [0.25, 0.3) is 0 Å². The Morgan fingerprint density at radius 2 is 2.00 bits per heavy atom. The van der Waals surface area contributed by atoms with E-state index in [0.29, 0.717) is 6.42 Å². The van der Waals surface area contributed by atoms with E-state index >= 15 is 0 Å². The molecule has 19 heavy (non-hydrogen) atoms. The lowest BCUT2D eigenvalue weighted by Crippen LogP contribution is -2.55. The van der Waals surface area contributed by atoms with Crippen molar-refractivity contribution in [2.75, 3.05) is 18.1 Å². The van der Waals surface area contributed by atoms with Crippen molar-refractivity contribution in [1.82, 2.24) is 10.2 Å². The second-order valence-electron chi connectivity index (χ2n) is 5.45. The third-order valence-corrected chi connectivity index (χ3v) is 5.00. The van der Waals surface area contributed by atoms with Crippen LogP contribution in [-0.2, 0) is 14.6 Å². The Morgan fingerprint density at radius 3 is 2.37 bits per heavy atom. The highest BCUT2D eigenvalue weighted by Crippen LogP contribution is 2.23. The van der Waals surface area contributed by atoms with Gasteiger partial charge in [0.15, 0.2) is 9.84 Å². The molecule has 0 saturated carbocycles. The van der Waals surface area contributed by atoms with Gasteiger partial charge >= 0.3 is 12.0 Å². The fourth-order valence-corrected chi connectivity index (χ4v) is 4.17. The highest BCUT2D eigenvalue weighted by atomic mass is 32.2. The van der Waals surface area contributed by atoms with Gasteiger partial charge in [0.2, 0.25) is 0 Å². The van der Waals surface area contributed by atoms with Gasteiger partial charge in [0, 0.05) is 6.04 Å². The minimum atomic E-state index is -3.12. The average Bonchev–Trinajstić information content (AvgIpc) is 2.48. The van der Waals surface area contributed by atoms with Crippen LogP contribution in [-0.4, -0.2) is 60.1 Å². The zero-order chi connectivity index (χ0) is 14.8. The Balaban J connectivity index is 2.75. The maximum Gasteiger partial charge on any atom is 0.323 e. The number of nitrogens with zero attached hydrogens (tertiary/aromatic N) is 1. The topological polar surface area (TPSA) is 104 Å². The monoisotopic (exact) mass is 292 g/mol. The molecule has 2 amide bonds. The average molecular weight is 292 g/mol. The highest BCUT2D eigenvalue weighted by Gasteiger charge is 2.40. The summed E-state index contributed by atoms with van der Waals surface area (Å²) in [6.07, 6.45) is 0.347. The molecule has 1 heterocycles. The molecule has 0 aromatic heterocycles. The Labute approximate surface area is 112 Å². The number of aliphatic carboxylic acids is 1. The summed E-state index contributed by atoms with van der Waals surface area (Å²) in [6, 6.07) is -0.824. The number of urea groups is 1. The number of carboxylic acid groups (broad SMARTS) is 1. The lowest BCUT2D eigenvalue weighted by atomic mass is 10.0. The molecular weight excluding hydrogens is 272 g/mol. The Hall–Kier alpha value is -1.31. The summed E-state index contributed by atoms with van der Waals surface area (Å²) in [5.74, 6) is -1.16. The first-order chi connectivity index (χ1) is 8.55. The summed E-state index contributed by atoms with van der Waals surface area (Å²) in [5, 5.41) is 11.4. The van der Waals surface area contributed by atoms with E-state index in [1.165, 1.54) is 4.90 Å². The van der Waals surface area contributed by atoms with Crippen molar-refractivity contribution in [3.05, 3.63) is 0 Å². The van der Waals surface area contributed by atoms with Crippen LogP contribution in [0.4, 0.5) is 4.79 Å². The zero-order valence-electron chi connectivity index (χ0n) is 11.3. The van der Waals surface area contributed by atoms with Crippen molar-refractivity contribution in [3.8, 4) is 0 Å². The molecule has 1 atom stereocenters. The molecule has 0 aliphatic carbocycles. The number of nitrogens with one attached hydrogen (secondary N) is 1. The number of carboxylic acids is 1. The Morgan fingerprint density at radius 1 is 1.42 bits per heavy atom. The lowest BCUT2D eigenvalue weighted by Gasteiger charge is -2.31. The number of rotatable bonds is 4. The minimum absolute atomic E-state index is 0.0460. The molecule has 1 fully saturated rings. The van der Waals surface area contributed by atoms with Gasteiger partial charge in [-0.3, -0.25) is 4.79 Å². The molecule has 1 rings (SSSR count). The molecule has 0 radical (unpaired) electrons. The summed E-state index contributed by atoms with van der Waals surface area (Å²) in [6.45, 7) is 4.66. The van der Waals surface area contributed by atoms with E-state index in [1.54, 1.807) is 20.8 Å². The van der Waals surface area contributed by atoms with E-state index in [4.69, 9.17) is 5.11 Å². The smallest absolute Gasteiger partial charge is 0.323 e. The van der Waals surface area contributed by atoms with Crippen LogP contribution in [0, 0.1) is 0 Å². The molecule has 1 saturated heterocycles. The van der Waals surface area contributed by atoms with Gasteiger partial charge in [0.25, 0.3) is 0 Å². The van der Waals surface area contributed by atoms with Gasteiger partial charge < -0.3 is 15.3 Å². The van der Waals surface area contributed by atoms with E-state index in [1.807, 2.05) is 0 Å². The summed E-state index contributed by atoms with van der Waals surface area (Å²) in [7, 11) is -3.12. The molecular formula is C11H20N2O5S. The molecule has 0 spiro atoms. The summed E-state index contributed by atoms with van der Waals surface area (Å²) in [4.78, 5) is 23.9. The van der Waals surface area contributed by atoms with Crippen molar-refractivity contribution in [2.24, 2.45) is 0 Å². The molecule has 0 aromatic carbocycles. The van der Waals surface area contributed by atoms with Crippen LogP contribution in [0.5, 0.6) is 0 Å². The first-order valence-electron chi connectivity index (χ1n) is 6.06. The van der Waals surface area contributed by atoms with Crippen molar-refractivity contribution in [2.45, 2.75) is 38.8 Å². The number of sulfone groups is 1. The number of carbonyl (C=O) groups excluding carboxylic acids is 1. The number of hydrogen-bond acceptors (Lipinski definition) is 4. The third-order valence-electron chi connectivity index (χ3n) is 3.10. The van der Waals surface area contributed by atoms with Crippen LogP contribution in [0.3, 0.4) is 0 Å². The highest BCUT2D eigenvalue weighted by molar-refractivity contribution is 7.91. The first kappa shape index (κ1) is 15.7. The summed E-state index contributed by atoms with van der Waals surface area (Å²) < 4.78 is 22.9. The molecule has 0 aromatic rings. The molecule has 1 aliphatic rings. The second kappa shape index (κ2) is 5.36. The third kappa shape index (κ3) is 4.38. The number of carbonyl (C=O) groups is 2. The first-order valence-corrected chi connectivity index (χ1v) is 7.88. The van der Waals surface area contributed by atoms with Crippen LogP contribution in [0.1, 0.15) is 27.2 Å². The van der Waals surface area contributed by atoms with Crippen molar-refractivity contribution in [1.29, 1.82) is 0 Å². The van der Waals surface area contributed by atoms with Crippen molar-refractivity contribution >= 4 is 21.8 Å². The van der Waals surface area contributed by atoms with Crippen molar-refractivity contribution in [3.63, 3.8) is 0 Å². The van der Waals surface area contributed by atoms with Crippen LogP contribution in [0.2, 0.25) is 0 Å². The molecule has 110 valence electrons. The predicted molar refractivity (Wildman–Crippen MR) is 69.7 cm³/mol. The largest absolute Gasteiger partial charge is 0.480 e. The Bertz CT molecular complexity index is 473. The van der Waals surface area contributed by atoms with E-state index < -0.39 is 33.9 Å². The van der Waals surface area contributed by atoms with E-state index in [2.05, 4.69) is 5.32 Å². The van der Waals surface area contributed by atoms with E-state index in [9.17, 15) is 18.0 Å². The molecule has 7 nitrogen and oxygen atoms in total. The van der Waals surface area contributed by atoms with E-state index in [0.717, 1.165) is 0 Å². The fourth-order valence-electron chi connectivity index (χ4n) is 2.07. The van der Waals surface area contributed by atoms with Crippen molar-refractivity contribution < 1.29 is 23.1 Å². The maximum absolute atomic E-state index is 12.0. The SMILES string of the molecule is CC(C)N(CC(=O)O)C(=O)NC1(C)CCS(=O)(=O)C1. The lowest BCUT2D eigenvalue weighted by molar-refractivity contribution is -0.138. The normalized spacial score (nSPS) is 25.3. The van der Waals surface area contributed by atoms with Gasteiger partial charge in [0.05, 0.1) is 17.0 Å². The van der Waals surface area contributed by atoms with Gasteiger partial charge in [-0.05, 0) is 27.2 Å². The molecule has 2 N–H and O–H groups in total. The van der Waals surface area contributed by atoms with Gasteiger partial charge in [-0.25, -0.2) is 13.2 Å². The molecule has 1 unspecified atom stereocenters. The molecule has 0 bridgehead atoms. The summed E-state index contributed by atoms with van der Waals surface area (Å²) >= 11 is 0. The quantitative estimate of drug-likeness (QED) is 0.763. The van der Waals surface area contributed by atoms with E-state index in [-0.39, 0.29) is 17.5 Å². The van der Waals surface area contributed by atoms with Gasteiger partial charge in [-0.1, -0.05) is 0 Å². The number of amides is 2. The second-order valence-corrected chi connectivity index (χ2v) is 7.63. The maximum atomic E-state index is 12.0. The number of hydrogen-bond donors (Lipinski definition) is 2. The van der Waals surface area contributed by atoms with Gasteiger partial charge in [-0.2, -0.15) is 0 Å². The van der Waals surface area contributed by atoms with Crippen LogP contribution in [0.15, 0.2) is 0 Å². The van der Waals surface area contributed by atoms with Crippen LogP contribution >= 0.6 is 0 Å². The standard InChI is InChI=1S/C11H20N2O5S/c1-8(2)13(6-9(14)15)10(16)12-11(3)4-5-19(17,18)7-11/h8H,4-7H2,1-3H3,(H,12,16)(H,14,15). The molecule has 8 heteroatoms. The minimum Gasteiger partial charge on any atom is -0.480 e. The predicted octanol–water partition coefficient (Wildman–Crippen LogP) is 0.0682. The zero-order valence-corrected chi connectivity index (χ0v) is 12.2. The fraction of sp³-hybridized carbons (Fsp3) is 0.818. The van der Waals surface area contributed by atoms with Gasteiger partial charge in [-0.15, -0.1) is 0 Å². The Kier molecular flexibility index (Phi) is 4.44.